The van der Waals surface area contributed by atoms with E-state index in [-0.39, 0.29) is 6.10 Å². The molecule has 2 heterocycles. The highest BCUT2D eigenvalue weighted by molar-refractivity contribution is 5.18. The monoisotopic (exact) mass is 260 g/mol. The number of nitrogens with one attached hydrogen (secondary N) is 1. The second-order valence-electron chi connectivity index (χ2n) is 5.72. The van der Waals surface area contributed by atoms with Crippen molar-refractivity contribution in [2.45, 2.75) is 18.9 Å². The van der Waals surface area contributed by atoms with Crippen molar-refractivity contribution in [1.29, 1.82) is 0 Å². The van der Waals surface area contributed by atoms with Crippen molar-refractivity contribution >= 4 is 0 Å². The summed E-state index contributed by atoms with van der Waals surface area (Å²) >= 11 is 0. The molecule has 0 saturated carbocycles. The molecular weight excluding hydrogens is 236 g/mol. The van der Waals surface area contributed by atoms with Gasteiger partial charge in [0.1, 0.15) is 0 Å². The topological polar surface area (TPSA) is 24.5 Å². The summed E-state index contributed by atoms with van der Waals surface area (Å²) < 4.78 is 5.93. The SMILES string of the molecule is c1ccc(C2CN(CC3CCNCC3)CCO2)cc1. The summed E-state index contributed by atoms with van der Waals surface area (Å²) in [5, 5.41) is 3.44. The van der Waals surface area contributed by atoms with E-state index in [1.54, 1.807) is 0 Å². The molecule has 1 unspecified atom stereocenters. The van der Waals surface area contributed by atoms with Crippen molar-refractivity contribution in [3.63, 3.8) is 0 Å². The molecule has 3 rings (SSSR count). The minimum absolute atomic E-state index is 0.261. The van der Waals surface area contributed by atoms with Gasteiger partial charge in [0.25, 0.3) is 0 Å². The second kappa shape index (κ2) is 6.51. The van der Waals surface area contributed by atoms with Gasteiger partial charge in [0, 0.05) is 19.6 Å². The first-order valence-corrected chi connectivity index (χ1v) is 7.51. The number of benzene rings is 1. The molecule has 1 aromatic carbocycles. The number of piperidine rings is 1. The molecule has 104 valence electrons. The first-order chi connectivity index (χ1) is 9.42. The molecule has 19 heavy (non-hydrogen) atoms. The molecule has 2 aliphatic rings. The number of hydrogen-bond acceptors (Lipinski definition) is 3. The Morgan fingerprint density at radius 3 is 2.74 bits per heavy atom. The molecule has 0 aliphatic carbocycles. The maximum absolute atomic E-state index is 5.93. The van der Waals surface area contributed by atoms with Crippen LogP contribution in [0.4, 0.5) is 0 Å². The highest BCUT2D eigenvalue weighted by Gasteiger charge is 2.24. The van der Waals surface area contributed by atoms with Crippen molar-refractivity contribution in [3.8, 4) is 0 Å². The fraction of sp³-hybridized carbons (Fsp3) is 0.625. The quantitative estimate of drug-likeness (QED) is 0.900. The van der Waals surface area contributed by atoms with Crippen LogP contribution in [0.2, 0.25) is 0 Å². The van der Waals surface area contributed by atoms with Gasteiger partial charge >= 0.3 is 0 Å². The molecule has 1 atom stereocenters. The number of morpholine rings is 1. The van der Waals surface area contributed by atoms with E-state index in [1.807, 2.05) is 0 Å². The maximum atomic E-state index is 5.93. The number of ether oxygens (including phenoxy) is 1. The van der Waals surface area contributed by atoms with E-state index in [4.69, 9.17) is 4.74 Å². The highest BCUT2D eigenvalue weighted by atomic mass is 16.5. The third-order valence-electron chi connectivity index (χ3n) is 4.30. The number of rotatable bonds is 3. The Morgan fingerprint density at radius 2 is 1.95 bits per heavy atom. The molecule has 0 aromatic heterocycles. The van der Waals surface area contributed by atoms with Crippen LogP contribution in [0.5, 0.6) is 0 Å². The Hall–Kier alpha value is -0.900. The van der Waals surface area contributed by atoms with Crippen LogP contribution in [-0.2, 0) is 4.74 Å². The lowest BCUT2D eigenvalue weighted by Crippen LogP contribution is -2.43. The molecule has 0 radical (unpaired) electrons. The summed E-state index contributed by atoms with van der Waals surface area (Å²) in [5.41, 5.74) is 1.32. The van der Waals surface area contributed by atoms with Crippen LogP contribution in [-0.4, -0.2) is 44.2 Å². The lowest BCUT2D eigenvalue weighted by molar-refractivity contribution is -0.0356. The van der Waals surface area contributed by atoms with E-state index < -0.39 is 0 Å². The number of nitrogens with zero attached hydrogens (tertiary/aromatic N) is 1. The standard InChI is InChI=1S/C16H24N2O/c1-2-4-15(5-3-1)16-13-18(10-11-19-16)12-14-6-8-17-9-7-14/h1-5,14,16-17H,6-13H2. The van der Waals surface area contributed by atoms with E-state index in [1.165, 1.54) is 38.0 Å². The van der Waals surface area contributed by atoms with Gasteiger partial charge in [0.15, 0.2) is 0 Å². The fourth-order valence-electron chi connectivity index (χ4n) is 3.17. The predicted molar refractivity (Wildman–Crippen MR) is 77.2 cm³/mol. The normalized spacial score (nSPS) is 26.4. The zero-order chi connectivity index (χ0) is 12.9. The Kier molecular flexibility index (Phi) is 4.49. The molecule has 0 spiro atoms. The molecule has 1 N–H and O–H groups in total. The van der Waals surface area contributed by atoms with Crippen LogP contribution in [0.3, 0.4) is 0 Å². The van der Waals surface area contributed by atoms with Crippen LogP contribution in [0.1, 0.15) is 24.5 Å². The van der Waals surface area contributed by atoms with Crippen LogP contribution in [0.25, 0.3) is 0 Å². The smallest absolute Gasteiger partial charge is 0.0952 e. The van der Waals surface area contributed by atoms with E-state index in [0.717, 1.165) is 25.6 Å². The Balaban J connectivity index is 1.55. The lowest BCUT2D eigenvalue weighted by Gasteiger charge is -2.36. The summed E-state index contributed by atoms with van der Waals surface area (Å²) in [6.07, 6.45) is 2.91. The van der Waals surface area contributed by atoms with Crippen molar-refractivity contribution < 1.29 is 4.74 Å². The van der Waals surface area contributed by atoms with Crippen LogP contribution in [0.15, 0.2) is 30.3 Å². The van der Waals surface area contributed by atoms with Gasteiger partial charge in [-0.2, -0.15) is 0 Å². The van der Waals surface area contributed by atoms with Crippen LogP contribution < -0.4 is 5.32 Å². The van der Waals surface area contributed by atoms with Crippen molar-refractivity contribution in [2.24, 2.45) is 5.92 Å². The number of hydrogen-bond donors (Lipinski definition) is 1. The molecule has 2 aliphatic heterocycles. The molecule has 0 amide bonds. The summed E-state index contributed by atoms with van der Waals surface area (Å²) in [7, 11) is 0. The van der Waals surface area contributed by atoms with Crippen molar-refractivity contribution in [2.75, 3.05) is 39.3 Å². The van der Waals surface area contributed by atoms with Gasteiger partial charge in [-0.25, -0.2) is 0 Å². The predicted octanol–water partition coefficient (Wildman–Crippen LogP) is 2.06. The Morgan fingerprint density at radius 1 is 1.16 bits per heavy atom. The van der Waals surface area contributed by atoms with Gasteiger partial charge in [-0.3, -0.25) is 4.90 Å². The van der Waals surface area contributed by atoms with Crippen molar-refractivity contribution in [3.05, 3.63) is 35.9 Å². The van der Waals surface area contributed by atoms with Gasteiger partial charge in [0.05, 0.1) is 12.7 Å². The third kappa shape index (κ3) is 3.56. The van der Waals surface area contributed by atoms with Gasteiger partial charge in [-0.05, 0) is 37.4 Å². The van der Waals surface area contributed by atoms with E-state index in [2.05, 4.69) is 40.5 Å². The molecular formula is C16H24N2O. The summed E-state index contributed by atoms with van der Waals surface area (Å²) in [4.78, 5) is 2.59. The highest BCUT2D eigenvalue weighted by Crippen LogP contribution is 2.23. The zero-order valence-corrected chi connectivity index (χ0v) is 11.6. The van der Waals surface area contributed by atoms with Gasteiger partial charge in [-0.1, -0.05) is 30.3 Å². The lowest BCUT2D eigenvalue weighted by atomic mass is 9.97. The van der Waals surface area contributed by atoms with Gasteiger partial charge in [0.2, 0.25) is 0 Å². The second-order valence-corrected chi connectivity index (χ2v) is 5.72. The maximum Gasteiger partial charge on any atom is 0.0952 e. The molecule has 2 saturated heterocycles. The largest absolute Gasteiger partial charge is 0.371 e. The van der Waals surface area contributed by atoms with Crippen LogP contribution in [0, 0.1) is 5.92 Å². The fourth-order valence-corrected chi connectivity index (χ4v) is 3.17. The third-order valence-corrected chi connectivity index (χ3v) is 4.30. The van der Waals surface area contributed by atoms with Crippen molar-refractivity contribution in [1.82, 2.24) is 10.2 Å². The average molecular weight is 260 g/mol. The minimum atomic E-state index is 0.261. The van der Waals surface area contributed by atoms with E-state index in [0.29, 0.717) is 0 Å². The summed E-state index contributed by atoms with van der Waals surface area (Å²) in [6.45, 7) is 6.63. The van der Waals surface area contributed by atoms with E-state index in [9.17, 15) is 0 Å². The van der Waals surface area contributed by atoms with Crippen LogP contribution >= 0.6 is 0 Å². The average Bonchev–Trinajstić information content (AvgIpc) is 2.49. The van der Waals surface area contributed by atoms with E-state index >= 15 is 0 Å². The molecule has 3 nitrogen and oxygen atoms in total. The van der Waals surface area contributed by atoms with Gasteiger partial charge in [-0.15, -0.1) is 0 Å². The minimum Gasteiger partial charge on any atom is -0.371 e. The first kappa shape index (κ1) is 13.1. The Labute approximate surface area is 115 Å². The summed E-state index contributed by atoms with van der Waals surface area (Å²) in [5.74, 6) is 0.871. The van der Waals surface area contributed by atoms with Gasteiger partial charge < -0.3 is 10.1 Å². The molecule has 3 heteroatoms. The molecule has 2 fully saturated rings. The zero-order valence-electron chi connectivity index (χ0n) is 11.6. The molecule has 0 bridgehead atoms. The summed E-state index contributed by atoms with van der Waals surface area (Å²) in [6, 6.07) is 10.6. The first-order valence-electron chi connectivity index (χ1n) is 7.51. The Bertz CT molecular complexity index is 376. The molecule has 1 aromatic rings.